The van der Waals surface area contributed by atoms with Crippen molar-refractivity contribution in [2.24, 2.45) is 0 Å². The summed E-state index contributed by atoms with van der Waals surface area (Å²) in [7, 11) is 0. The lowest BCUT2D eigenvalue weighted by molar-refractivity contribution is -0.137. The Balaban J connectivity index is 1.67. The van der Waals surface area contributed by atoms with E-state index < -0.39 is 17.6 Å². The largest absolute Gasteiger partial charge is 0.416 e. The molecule has 0 spiro atoms. The molecule has 3 aromatic heterocycles. The van der Waals surface area contributed by atoms with Crippen LogP contribution in [0.5, 0.6) is 0 Å². The van der Waals surface area contributed by atoms with Gasteiger partial charge in [-0.15, -0.1) is 5.10 Å². The van der Waals surface area contributed by atoms with E-state index in [2.05, 4.69) is 25.7 Å². The van der Waals surface area contributed by atoms with Crippen LogP contribution >= 0.6 is 0 Å². The molecule has 4 rings (SSSR count). The number of amides is 1. The SMILES string of the molecule is O=C(Nc1nc2cc(C(F)(F)F)cc(NC3CCCCCC3)n2n1)c1cccnc1. The van der Waals surface area contributed by atoms with Crippen molar-refractivity contribution in [1.29, 1.82) is 0 Å². The second kappa shape index (κ2) is 8.29. The quantitative estimate of drug-likeness (QED) is 0.608. The highest BCUT2D eigenvalue weighted by atomic mass is 19.4. The van der Waals surface area contributed by atoms with Gasteiger partial charge in [0.15, 0.2) is 5.65 Å². The van der Waals surface area contributed by atoms with Crippen LogP contribution in [0.15, 0.2) is 36.7 Å². The Kier molecular flexibility index (Phi) is 5.56. The van der Waals surface area contributed by atoms with Gasteiger partial charge in [0.25, 0.3) is 5.91 Å². The van der Waals surface area contributed by atoms with Crippen LogP contribution in [0.4, 0.5) is 24.9 Å². The van der Waals surface area contributed by atoms with Gasteiger partial charge in [0.2, 0.25) is 5.95 Å². The monoisotopic (exact) mass is 418 g/mol. The zero-order valence-electron chi connectivity index (χ0n) is 16.1. The van der Waals surface area contributed by atoms with Gasteiger partial charge in [-0.1, -0.05) is 25.7 Å². The van der Waals surface area contributed by atoms with Crippen molar-refractivity contribution >= 4 is 23.3 Å². The molecule has 7 nitrogen and oxygen atoms in total. The van der Waals surface area contributed by atoms with E-state index in [1.807, 2.05) is 0 Å². The van der Waals surface area contributed by atoms with Gasteiger partial charge in [0.05, 0.1) is 11.1 Å². The maximum absolute atomic E-state index is 13.4. The van der Waals surface area contributed by atoms with Gasteiger partial charge in [-0.05, 0) is 37.1 Å². The van der Waals surface area contributed by atoms with E-state index in [-0.39, 0.29) is 23.5 Å². The number of hydrogen-bond acceptors (Lipinski definition) is 5. The Bertz CT molecular complexity index is 1030. The van der Waals surface area contributed by atoms with Gasteiger partial charge in [0, 0.05) is 18.4 Å². The fraction of sp³-hybridized carbons (Fsp3) is 0.400. The van der Waals surface area contributed by atoms with Crippen LogP contribution < -0.4 is 10.6 Å². The highest BCUT2D eigenvalue weighted by Gasteiger charge is 2.32. The van der Waals surface area contributed by atoms with Crippen molar-refractivity contribution < 1.29 is 18.0 Å². The Morgan fingerprint density at radius 2 is 1.90 bits per heavy atom. The Morgan fingerprint density at radius 1 is 1.13 bits per heavy atom. The summed E-state index contributed by atoms with van der Waals surface area (Å²) >= 11 is 0. The molecule has 1 saturated carbocycles. The smallest absolute Gasteiger partial charge is 0.367 e. The summed E-state index contributed by atoms with van der Waals surface area (Å²) in [6.07, 6.45) is 4.48. The number of anilines is 2. The van der Waals surface area contributed by atoms with Crippen molar-refractivity contribution in [3.05, 3.63) is 47.8 Å². The first-order valence-corrected chi connectivity index (χ1v) is 9.86. The summed E-state index contributed by atoms with van der Waals surface area (Å²) in [4.78, 5) is 20.3. The van der Waals surface area contributed by atoms with E-state index in [0.29, 0.717) is 5.56 Å². The first kappa shape index (κ1) is 20.1. The predicted molar refractivity (Wildman–Crippen MR) is 105 cm³/mol. The molecule has 3 heterocycles. The van der Waals surface area contributed by atoms with Gasteiger partial charge < -0.3 is 5.32 Å². The lowest BCUT2D eigenvalue weighted by Gasteiger charge is -2.19. The van der Waals surface area contributed by atoms with Crippen molar-refractivity contribution in [3.8, 4) is 0 Å². The predicted octanol–water partition coefficient (Wildman–Crippen LogP) is 4.53. The highest BCUT2D eigenvalue weighted by Crippen LogP contribution is 2.33. The molecule has 0 atom stereocenters. The molecule has 1 aliphatic carbocycles. The maximum atomic E-state index is 13.4. The molecule has 1 fully saturated rings. The number of nitrogens with one attached hydrogen (secondary N) is 2. The van der Waals surface area contributed by atoms with Crippen LogP contribution in [0, 0.1) is 0 Å². The molecule has 0 bridgehead atoms. The third-order valence-electron chi connectivity index (χ3n) is 5.12. The molecule has 1 aliphatic rings. The van der Waals surface area contributed by atoms with Gasteiger partial charge in [0.1, 0.15) is 5.82 Å². The zero-order valence-corrected chi connectivity index (χ0v) is 16.1. The number of aromatic nitrogens is 4. The van der Waals surface area contributed by atoms with Crippen LogP contribution in [0.25, 0.3) is 5.65 Å². The van der Waals surface area contributed by atoms with Gasteiger partial charge in [-0.3, -0.25) is 15.1 Å². The van der Waals surface area contributed by atoms with Crippen LogP contribution in [-0.4, -0.2) is 31.5 Å². The van der Waals surface area contributed by atoms with Gasteiger partial charge in [-0.2, -0.15) is 22.7 Å². The molecule has 0 radical (unpaired) electrons. The van der Waals surface area contributed by atoms with Crippen molar-refractivity contribution in [2.75, 3.05) is 10.6 Å². The lowest BCUT2D eigenvalue weighted by atomic mass is 10.1. The van der Waals surface area contributed by atoms with Crippen molar-refractivity contribution in [3.63, 3.8) is 0 Å². The number of nitrogens with zero attached hydrogens (tertiary/aromatic N) is 4. The van der Waals surface area contributed by atoms with E-state index in [9.17, 15) is 18.0 Å². The standard InChI is InChI=1S/C20H21F3N6O/c21-20(22,23)14-10-16(25-15-7-3-1-2-4-8-15)29-17(11-14)26-19(28-29)27-18(30)13-6-5-9-24-12-13/h5-6,9-12,15,25H,1-4,7-8H2,(H,27,28,30). The van der Waals surface area contributed by atoms with Crippen LogP contribution in [0.3, 0.4) is 0 Å². The van der Waals surface area contributed by atoms with Gasteiger partial charge in [-0.25, -0.2) is 0 Å². The molecule has 10 heteroatoms. The fourth-order valence-corrected chi connectivity index (χ4v) is 3.61. The molecule has 3 aromatic rings. The van der Waals surface area contributed by atoms with E-state index >= 15 is 0 Å². The van der Waals surface area contributed by atoms with Crippen LogP contribution in [0.1, 0.15) is 54.4 Å². The molecular weight excluding hydrogens is 397 g/mol. The summed E-state index contributed by atoms with van der Waals surface area (Å²) in [5.74, 6) is -0.360. The molecular formula is C20H21F3N6O. The van der Waals surface area contributed by atoms with Crippen LogP contribution in [-0.2, 0) is 6.18 Å². The number of pyridine rings is 2. The topological polar surface area (TPSA) is 84.2 Å². The molecule has 1 amide bonds. The Labute approximate surface area is 170 Å². The molecule has 30 heavy (non-hydrogen) atoms. The molecule has 158 valence electrons. The Morgan fingerprint density at radius 3 is 2.57 bits per heavy atom. The lowest BCUT2D eigenvalue weighted by Crippen LogP contribution is -2.21. The molecule has 0 aromatic carbocycles. The maximum Gasteiger partial charge on any atom is 0.416 e. The zero-order chi connectivity index (χ0) is 21.1. The number of rotatable bonds is 4. The number of carbonyl (C=O) groups excluding carboxylic acids is 1. The first-order chi connectivity index (χ1) is 14.4. The average Bonchev–Trinajstić information content (AvgIpc) is 2.95. The summed E-state index contributed by atoms with van der Waals surface area (Å²) < 4.78 is 41.6. The second-order valence-corrected chi connectivity index (χ2v) is 7.36. The molecule has 0 saturated heterocycles. The van der Waals surface area contributed by atoms with Gasteiger partial charge >= 0.3 is 6.18 Å². The number of halogens is 3. The van der Waals surface area contributed by atoms with Crippen molar-refractivity contribution in [2.45, 2.75) is 50.7 Å². The summed E-state index contributed by atoms with van der Waals surface area (Å²) in [6, 6.07) is 5.21. The van der Waals surface area contributed by atoms with E-state index in [0.717, 1.165) is 50.7 Å². The molecule has 0 aliphatic heterocycles. The van der Waals surface area contributed by atoms with Crippen molar-refractivity contribution in [1.82, 2.24) is 19.6 Å². The number of carbonyl (C=O) groups is 1. The third-order valence-corrected chi connectivity index (χ3v) is 5.12. The summed E-state index contributed by atoms with van der Waals surface area (Å²) in [5.41, 5.74) is -0.518. The van der Waals surface area contributed by atoms with Crippen LogP contribution in [0.2, 0.25) is 0 Å². The summed E-state index contributed by atoms with van der Waals surface area (Å²) in [6.45, 7) is 0. The normalized spacial score (nSPS) is 15.7. The summed E-state index contributed by atoms with van der Waals surface area (Å²) in [5, 5.41) is 9.94. The molecule has 0 unspecified atom stereocenters. The Hall–Kier alpha value is -3.17. The average molecular weight is 418 g/mol. The minimum Gasteiger partial charge on any atom is -0.367 e. The van der Waals surface area contributed by atoms with E-state index in [1.165, 1.54) is 16.9 Å². The van der Waals surface area contributed by atoms with E-state index in [1.54, 1.807) is 12.1 Å². The minimum atomic E-state index is -4.52. The molecule has 2 N–H and O–H groups in total. The number of hydrogen-bond donors (Lipinski definition) is 2. The third kappa shape index (κ3) is 4.52. The highest BCUT2D eigenvalue weighted by molar-refractivity contribution is 6.03. The number of fused-ring (bicyclic) bond motifs is 1. The number of alkyl halides is 3. The second-order valence-electron chi connectivity index (χ2n) is 7.36. The minimum absolute atomic E-state index is 0.00225. The fourth-order valence-electron chi connectivity index (χ4n) is 3.61. The first-order valence-electron chi connectivity index (χ1n) is 9.86. The van der Waals surface area contributed by atoms with E-state index in [4.69, 9.17) is 0 Å².